The van der Waals surface area contributed by atoms with Crippen molar-refractivity contribution in [2.24, 2.45) is 0 Å². The molecule has 3 heterocycles. The van der Waals surface area contributed by atoms with Crippen LogP contribution in [0.15, 0.2) is 30.5 Å². The van der Waals surface area contributed by atoms with E-state index in [-0.39, 0.29) is 11.9 Å². The zero-order valence-electron chi connectivity index (χ0n) is 14.0. The first-order valence-electron chi connectivity index (χ1n) is 8.36. The average molecular weight is 361 g/mol. The summed E-state index contributed by atoms with van der Waals surface area (Å²) in [4.78, 5) is 9.97. The number of benzene rings is 1. The maximum Gasteiger partial charge on any atom is 0.214 e. The molecule has 1 fully saturated rings. The smallest absolute Gasteiger partial charge is 0.214 e. The van der Waals surface area contributed by atoms with Crippen molar-refractivity contribution >= 4 is 21.4 Å². The molecule has 1 aliphatic heterocycles. The van der Waals surface area contributed by atoms with E-state index < -0.39 is 0 Å². The molecule has 0 bridgehead atoms. The molecule has 0 spiro atoms. The van der Waals surface area contributed by atoms with E-state index in [4.69, 9.17) is 0 Å². The zero-order chi connectivity index (χ0) is 17.4. The molecular formula is C17H20FN5OS. The predicted molar refractivity (Wildman–Crippen MR) is 96.6 cm³/mol. The van der Waals surface area contributed by atoms with Gasteiger partial charge in [-0.25, -0.2) is 13.9 Å². The Morgan fingerprint density at radius 2 is 1.92 bits per heavy atom. The molecule has 0 unspecified atom stereocenters. The Balaban J connectivity index is 1.48. The minimum atomic E-state index is -0.292. The van der Waals surface area contributed by atoms with Crippen LogP contribution in [-0.2, 0) is 0 Å². The number of anilines is 1. The van der Waals surface area contributed by atoms with Crippen LogP contribution in [0, 0.1) is 5.82 Å². The minimum absolute atomic E-state index is 0.250. The first-order chi connectivity index (χ1) is 12.1. The first-order valence-corrected chi connectivity index (χ1v) is 9.17. The topological polar surface area (TPSA) is 56.9 Å². The highest BCUT2D eigenvalue weighted by Gasteiger charge is 2.21. The molecular weight excluding hydrogens is 341 g/mol. The third-order valence-electron chi connectivity index (χ3n) is 4.34. The summed E-state index contributed by atoms with van der Waals surface area (Å²) in [5.41, 5.74) is 1.68. The average Bonchev–Trinajstić information content (AvgIpc) is 3.14. The van der Waals surface area contributed by atoms with Gasteiger partial charge in [-0.05, 0) is 31.2 Å². The summed E-state index contributed by atoms with van der Waals surface area (Å²) in [5, 5.41) is 15.1. The fourth-order valence-corrected chi connectivity index (χ4v) is 4.01. The lowest BCUT2D eigenvalue weighted by Crippen LogP contribution is -2.48. The lowest BCUT2D eigenvalue weighted by atomic mass is 10.2. The van der Waals surface area contributed by atoms with Crippen LogP contribution in [0.2, 0.25) is 0 Å². The molecule has 4 rings (SSSR count). The minimum Gasteiger partial charge on any atom is -0.392 e. The van der Waals surface area contributed by atoms with Crippen molar-refractivity contribution in [3.63, 3.8) is 0 Å². The highest BCUT2D eigenvalue weighted by molar-refractivity contribution is 7.20. The van der Waals surface area contributed by atoms with Crippen molar-refractivity contribution in [1.29, 1.82) is 0 Å². The maximum absolute atomic E-state index is 13.0. The van der Waals surface area contributed by atoms with E-state index in [2.05, 4.69) is 19.9 Å². The lowest BCUT2D eigenvalue weighted by Gasteiger charge is -2.34. The number of fused-ring (bicyclic) bond motifs is 1. The van der Waals surface area contributed by atoms with Crippen molar-refractivity contribution in [1.82, 2.24) is 19.5 Å². The molecule has 0 saturated carbocycles. The number of aliphatic hydroxyl groups is 1. The van der Waals surface area contributed by atoms with E-state index in [9.17, 15) is 9.50 Å². The van der Waals surface area contributed by atoms with Crippen LogP contribution in [0.3, 0.4) is 0 Å². The van der Waals surface area contributed by atoms with Crippen molar-refractivity contribution in [2.45, 2.75) is 13.0 Å². The van der Waals surface area contributed by atoms with Crippen molar-refractivity contribution < 1.29 is 9.50 Å². The molecule has 6 nitrogen and oxygen atoms in total. The highest BCUT2D eigenvalue weighted by atomic mass is 32.1. The SMILES string of the molecule is C[C@@H](O)CN1CCN(c2nn3cc(-c4ccc(F)cc4)nc3s2)CC1. The van der Waals surface area contributed by atoms with Crippen LogP contribution in [0.4, 0.5) is 9.52 Å². The van der Waals surface area contributed by atoms with Crippen molar-refractivity contribution in [3.05, 3.63) is 36.3 Å². The number of aromatic nitrogens is 3. The van der Waals surface area contributed by atoms with Crippen LogP contribution in [0.5, 0.6) is 0 Å². The number of halogens is 1. The highest BCUT2D eigenvalue weighted by Crippen LogP contribution is 2.27. The normalized spacial score (nSPS) is 17.3. The second-order valence-corrected chi connectivity index (χ2v) is 7.32. The largest absolute Gasteiger partial charge is 0.392 e. The summed E-state index contributed by atoms with van der Waals surface area (Å²) in [5.74, 6) is -0.250. The molecule has 1 atom stereocenters. The number of rotatable bonds is 4. The molecule has 0 aliphatic carbocycles. The van der Waals surface area contributed by atoms with Gasteiger partial charge < -0.3 is 10.0 Å². The van der Waals surface area contributed by atoms with E-state index in [0.29, 0.717) is 0 Å². The summed E-state index contributed by atoms with van der Waals surface area (Å²) >= 11 is 1.56. The second kappa shape index (κ2) is 6.70. The third kappa shape index (κ3) is 3.51. The van der Waals surface area contributed by atoms with E-state index in [1.54, 1.807) is 28.0 Å². The molecule has 1 aliphatic rings. The Hall–Kier alpha value is -2.03. The van der Waals surface area contributed by atoms with Gasteiger partial charge in [-0.1, -0.05) is 11.3 Å². The van der Waals surface area contributed by atoms with Gasteiger partial charge in [0.1, 0.15) is 5.82 Å². The molecule has 3 aromatic rings. The zero-order valence-corrected chi connectivity index (χ0v) is 14.8. The first kappa shape index (κ1) is 16.4. The fourth-order valence-electron chi connectivity index (χ4n) is 3.07. The van der Waals surface area contributed by atoms with Gasteiger partial charge >= 0.3 is 0 Å². The summed E-state index contributed by atoms with van der Waals surface area (Å²) in [6, 6.07) is 6.33. The molecule has 0 amide bonds. The molecule has 8 heteroatoms. The Labute approximate surface area is 149 Å². The molecule has 0 radical (unpaired) electrons. The van der Waals surface area contributed by atoms with Crippen molar-refractivity contribution in [2.75, 3.05) is 37.6 Å². The Morgan fingerprint density at radius 3 is 2.56 bits per heavy atom. The number of piperazine rings is 1. The maximum atomic E-state index is 13.0. The van der Waals surface area contributed by atoms with Gasteiger partial charge in [-0.3, -0.25) is 4.90 Å². The van der Waals surface area contributed by atoms with E-state index >= 15 is 0 Å². The molecule has 132 valence electrons. The number of hydrogen-bond donors (Lipinski definition) is 1. The molecule has 1 N–H and O–H groups in total. The Bertz CT molecular complexity index is 820. The number of nitrogens with zero attached hydrogens (tertiary/aromatic N) is 5. The number of imidazole rings is 1. The fraction of sp³-hybridized carbons (Fsp3) is 0.412. The predicted octanol–water partition coefficient (Wildman–Crippen LogP) is 2.10. The lowest BCUT2D eigenvalue weighted by molar-refractivity contribution is 0.122. The van der Waals surface area contributed by atoms with Crippen LogP contribution in [0.1, 0.15) is 6.92 Å². The number of hydrogen-bond acceptors (Lipinski definition) is 6. The third-order valence-corrected chi connectivity index (χ3v) is 5.32. The van der Waals surface area contributed by atoms with Gasteiger partial charge in [-0.2, -0.15) is 0 Å². The molecule has 2 aromatic heterocycles. The quantitative estimate of drug-likeness (QED) is 0.771. The molecule has 25 heavy (non-hydrogen) atoms. The van der Waals surface area contributed by atoms with Gasteiger partial charge in [0.15, 0.2) is 0 Å². The number of aliphatic hydroxyl groups excluding tert-OH is 1. The summed E-state index contributed by atoms with van der Waals surface area (Å²) in [6.07, 6.45) is 1.59. The van der Waals surface area contributed by atoms with E-state index in [1.807, 2.05) is 13.1 Å². The van der Waals surface area contributed by atoms with Gasteiger partial charge in [-0.15, -0.1) is 5.10 Å². The van der Waals surface area contributed by atoms with E-state index in [1.165, 1.54) is 12.1 Å². The summed E-state index contributed by atoms with van der Waals surface area (Å²) in [6.45, 7) is 6.18. The van der Waals surface area contributed by atoms with Crippen LogP contribution >= 0.6 is 11.3 Å². The van der Waals surface area contributed by atoms with Gasteiger partial charge in [0, 0.05) is 38.3 Å². The van der Waals surface area contributed by atoms with Gasteiger partial charge in [0.2, 0.25) is 10.1 Å². The Kier molecular flexibility index (Phi) is 4.41. The van der Waals surface area contributed by atoms with Gasteiger partial charge in [0.25, 0.3) is 0 Å². The van der Waals surface area contributed by atoms with E-state index in [0.717, 1.165) is 54.1 Å². The molecule has 1 saturated heterocycles. The van der Waals surface area contributed by atoms with Crippen LogP contribution in [-0.4, -0.2) is 63.4 Å². The monoisotopic (exact) mass is 361 g/mol. The summed E-state index contributed by atoms with van der Waals surface area (Å²) < 4.78 is 14.8. The Morgan fingerprint density at radius 1 is 1.20 bits per heavy atom. The second-order valence-electron chi connectivity index (χ2n) is 6.38. The summed E-state index contributed by atoms with van der Waals surface area (Å²) in [7, 11) is 0. The van der Waals surface area contributed by atoms with Gasteiger partial charge in [0.05, 0.1) is 18.0 Å². The van der Waals surface area contributed by atoms with Crippen LogP contribution in [0.25, 0.3) is 16.2 Å². The number of β-amino-alcohol motifs (C(OH)–C–C–N with tert-alkyl or cyclic N) is 1. The van der Waals surface area contributed by atoms with Crippen LogP contribution < -0.4 is 4.90 Å². The standard InChI is InChI=1S/C17H20FN5OS/c1-12(24)10-21-6-8-22(9-7-21)17-20-23-11-15(19-16(23)25-17)13-2-4-14(18)5-3-13/h2-5,11-12,24H,6-10H2,1H3/t12-/m1/s1. The van der Waals surface area contributed by atoms with Crippen molar-refractivity contribution in [3.8, 4) is 11.3 Å². The molecule has 1 aromatic carbocycles.